The second-order valence-corrected chi connectivity index (χ2v) is 7.66. The maximum Gasteiger partial charge on any atom is 0.160 e. The zero-order chi connectivity index (χ0) is 13.2. The minimum atomic E-state index is -3.00. The second-order valence-electron chi connectivity index (χ2n) is 5.52. The van der Waals surface area contributed by atoms with Gasteiger partial charge in [-0.25, -0.2) is 8.42 Å². The van der Waals surface area contributed by atoms with Gasteiger partial charge in [0.1, 0.15) is 0 Å². The van der Waals surface area contributed by atoms with Gasteiger partial charge in [0.2, 0.25) is 0 Å². The first kappa shape index (κ1) is 14.2. The Bertz CT molecular complexity index is 356. The number of aliphatic hydroxyl groups excluding tert-OH is 1. The molecule has 2 aliphatic rings. The normalized spacial score (nSPS) is 30.6. The molecule has 1 unspecified atom stereocenters. The summed E-state index contributed by atoms with van der Waals surface area (Å²) in [6.07, 6.45) is 7.75. The van der Waals surface area contributed by atoms with Crippen molar-refractivity contribution in [3.8, 4) is 0 Å². The molecular formula is C12H23N2O3S. The Morgan fingerprint density at radius 3 is 2.56 bits per heavy atom. The van der Waals surface area contributed by atoms with E-state index in [9.17, 15) is 13.5 Å². The summed E-state index contributed by atoms with van der Waals surface area (Å²) in [5, 5.41) is 12.7. The maximum absolute atomic E-state index is 11.0. The molecule has 3 atom stereocenters. The van der Waals surface area contributed by atoms with Crippen LogP contribution in [0.5, 0.6) is 0 Å². The molecule has 0 aliphatic carbocycles. The Labute approximate surface area is 109 Å². The molecule has 2 fully saturated rings. The average molecular weight is 275 g/mol. The first-order chi connectivity index (χ1) is 8.46. The third-order valence-electron chi connectivity index (χ3n) is 3.81. The van der Waals surface area contributed by atoms with Crippen molar-refractivity contribution >= 4 is 9.84 Å². The summed E-state index contributed by atoms with van der Waals surface area (Å²) in [6.45, 7) is 0.993. The van der Waals surface area contributed by atoms with Crippen LogP contribution in [0.25, 0.3) is 0 Å². The minimum absolute atomic E-state index is 0.0648. The molecule has 0 spiro atoms. The largest absolute Gasteiger partial charge is 0.390 e. The number of nitrogens with zero attached hydrogens (tertiary/aromatic N) is 1. The van der Waals surface area contributed by atoms with Crippen molar-refractivity contribution in [2.45, 2.75) is 43.9 Å². The number of nitrogens with one attached hydrogen (secondary N) is 1. The van der Waals surface area contributed by atoms with Crippen LogP contribution < -0.4 is 5.32 Å². The lowest BCUT2D eigenvalue weighted by molar-refractivity contribution is 0.0729. The third-order valence-corrected chi connectivity index (χ3v) is 4.54. The van der Waals surface area contributed by atoms with Gasteiger partial charge in [-0.05, 0) is 32.1 Å². The molecule has 0 amide bonds. The van der Waals surface area contributed by atoms with E-state index in [-0.39, 0.29) is 5.88 Å². The first-order valence-corrected chi connectivity index (χ1v) is 8.65. The number of hydrogen-bond acceptors (Lipinski definition) is 5. The van der Waals surface area contributed by atoms with Gasteiger partial charge in [0.25, 0.3) is 0 Å². The van der Waals surface area contributed by atoms with E-state index in [4.69, 9.17) is 0 Å². The lowest BCUT2D eigenvalue weighted by Gasteiger charge is -2.35. The van der Waals surface area contributed by atoms with E-state index in [0.717, 1.165) is 12.8 Å². The van der Waals surface area contributed by atoms with E-state index in [2.05, 4.69) is 16.6 Å². The Morgan fingerprint density at radius 2 is 2.00 bits per heavy atom. The van der Waals surface area contributed by atoms with Crippen molar-refractivity contribution in [2.75, 3.05) is 25.2 Å². The molecule has 0 aromatic carbocycles. The highest BCUT2D eigenvalue weighted by atomic mass is 32.2. The summed E-state index contributed by atoms with van der Waals surface area (Å²) in [7, 11) is -3.00. The molecule has 2 saturated heterocycles. The standard InChI is InChI=1S/C12H23N2O3S/c1-18(16,17)9-13-7-12(15)8-14-10-3-2-4-11(14)6-5-10/h2,10-13,15H,3-9H2,1H3/t10-,11+,12?. The van der Waals surface area contributed by atoms with Gasteiger partial charge in [0.15, 0.2) is 9.84 Å². The highest BCUT2D eigenvalue weighted by Crippen LogP contribution is 2.34. The molecule has 105 valence electrons. The second kappa shape index (κ2) is 5.86. The monoisotopic (exact) mass is 275 g/mol. The summed E-state index contributed by atoms with van der Waals surface area (Å²) < 4.78 is 21.9. The van der Waals surface area contributed by atoms with E-state index in [0.29, 0.717) is 25.2 Å². The zero-order valence-corrected chi connectivity index (χ0v) is 11.7. The molecule has 6 heteroatoms. The van der Waals surface area contributed by atoms with Gasteiger partial charge in [0, 0.05) is 31.4 Å². The molecule has 0 aromatic heterocycles. The van der Waals surface area contributed by atoms with E-state index >= 15 is 0 Å². The number of rotatable bonds is 6. The highest BCUT2D eigenvalue weighted by Gasteiger charge is 2.37. The lowest BCUT2D eigenvalue weighted by atomic mass is 10.0. The zero-order valence-electron chi connectivity index (χ0n) is 10.9. The van der Waals surface area contributed by atoms with Crippen LogP contribution in [0.2, 0.25) is 0 Å². The van der Waals surface area contributed by atoms with Crippen LogP contribution in [0.4, 0.5) is 0 Å². The summed E-state index contributed by atoms with van der Waals surface area (Å²) >= 11 is 0. The van der Waals surface area contributed by atoms with Crippen molar-refractivity contribution in [1.29, 1.82) is 0 Å². The van der Waals surface area contributed by atoms with Crippen molar-refractivity contribution in [3.63, 3.8) is 0 Å². The number of fused-ring (bicyclic) bond motifs is 2. The van der Waals surface area contributed by atoms with Crippen LogP contribution in [-0.4, -0.2) is 61.8 Å². The molecule has 2 aliphatic heterocycles. The van der Waals surface area contributed by atoms with E-state index in [1.807, 2.05) is 0 Å². The summed E-state index contributed by atoms with van der Waals surface area (Å²) in [5.41, 5.74) is 0. The molecular weight excluding hydrogens is 252 g/mol. The average Bonchev–Trinajstić information content (AvgIpc) is 2.49. The number of piperidine rings is 1. The molecule has 2 heterocycles. The molecule has 2 rings (SSSR count). The van der Waals surface area contributed by atoms with Gasteiger partial charge in [-0.1, -0.05) is 0 Å². The quantitative estimate of drug-likeness (QED) is 0.701. The maximum atomic E-state index is 11.0. The fourth-order valence-electron chi connectivity index (χ4n) is 3.02. The minimum Gasteiger partial charge on any atom is -0.390 e. The Hall–Kier alpha value is -0.170. The Kier molecular flexibility index (Phi) is 4.64. The van der Waals surface area contributed by atoms with Crippen LogP contribution in [-0.2, 0) is 9.84 Å². The van der Waals surface area contributed by atoms with Gasteiger partial charge in [-0.3, -0.25) is 4.90 Å². The van der Waals surface area contributed by atoms with Crippen molar-refractivity contribution in [2.24, 2.45) is 0 Å². The van der Waals surface area contributed by atoms with Crippen LogP contribution in [0.15, 0.2) is 0 Å². The topological polar surface area (TPSA) is 69.6 Å². The third kappa shape index (κ3) is 3.91. The van der Waals surface area contributed by atoms with Gasteiger partial charge in [-0.2, -0.15) is 0 Å². The van der Waals surface area contributed by atoms with E-state index in [1.165, 1.54) is 19.1 Å². The molecule has 18 heavy (non-hydrogen) atoms. The lowest BCUT2D eigenvalue weighted by Crippen LogP contribution is -2.46. The molecule has 5 nitrogen and oxygen atoms in total. The fourth-order valence-corrected chi connectivity index (χ4v) is 3.51. The summed E-state index contributed by atoms with van der Waals surface area (Å²) in [5.74, 6) is -0.0648. The SMILES string of the molecule is CS(=O)(=O)CNCC(O)CN1[C@@H]2C[CH]C[C@H]1CC2. The number of aliphatic hydroxyl groups is 1. The summed E-state index contributed by atoms with van der Waals surface area (Å²) in [6, 6.07) is 1.18. The van der Waals surface area contributed by atoms with Crippen molar-refractivity contribution < 1.29 is 13.5 Å². The van der Waals surface area contributed by atoms with Crippen molar-refractivity contribution in [3.05, 3.63) is 6.42 Å². The predicted molar refractivity (Wildman–Crippen MR) is 70.8 cm³/mol. The number of hydrogen-bond donors (Lipinski definition) is 2. The van der Waals surface area contributed by atoms with Gasteiger partial charge < -0.3 is 10.4 Å². The van der Waals surface area contributed by atoms with Gasteiger partial charge in [-0.15, -0.1) is 0 Å². The molecule has 0 saturated carbocycles. The smallest absolute Gasteiger partial charge is 0.160 e. The number of sulfone groups is 1. The van der Waals surface area contributed by atoms with Gasteiger partial charge >= 0.3 is 0 Å². The highest BCUT2D eigenvalue weighted by molar-refractivity contribution is 7.90. The van der Waals surface area contributed by atoms with Crippen molar-refractivity contribution in [1.82, 2.24) is 10.2 Å². The van der Waals surface area contributed by atoms with Crippen LogP contribution >= 0.6 is 0 Å². The van der Waals surface area contributed by atoms with Gasteiger partial charge in [0.05, 0.1) is 12.0 Å². The molecule has 2 N–H and O–H groups in total. The summed E-state index contributed by atoms with van der Waals surface area (Å²) in [4.78, 5) is 2.40. The first-order valence-electron chi connectivity index (χ1n) is 6.59. The van der Waals surface area contributed by atoms with Crippen LogP contribution in [0.1, 0.15) is 25.7 Å². The molecule has 1 radical (unpaired) electrons. The van der Waals surface area contributed by atoms with Crippen LogP contribution in [0, 0.1) is 6.42 Å². The fraction of sp³-hybridized carbons (Fsp3) is 0.917. The molecule has 0 aromatic rings. The molecule has 2 bridgehead atoms. The predicted octanol–water partition coefficient (Wildman–Crippen LogP) is -0.230. The van der Waals surface area contributed by atoms with E-state index < -0.39 is 15.9 Å². The Morgan fingerprint density at radius 1 is 1.39 bits per heavy atom. The van der Waals surface area contributed by atoms with E-state index in [1.54, 1.807) is 0 Å². The Balaban J connectivity index is 1.72. The van der Waals surface area contributed by atoms with Crippen LogP contribution in [0.3, 0.4) is 0 Å².